The van der Waals surface area contributed by atoms with Crippen LogP contribution in [-0.2, 0) is 6.54 Å². The number of rotatable bonds is 4. The maximum Gasteiger partial charge on any atom is 0.213 e. The van der Waals surface area contributed by atoms with Crippen molar-refractivity contribution in [3.63, 3.8) is 0 Å². The summed E-state index contributed by atoms with van der Waals surface area (Å²) in [5.74, 6) is 0.931. The molecule has 0 aliphatic rings. The predicted octanol–water partition coefficient (Wildman–Crippen LogP) is 1.67. The van der Waals surface area contributed by atoms with Crippen LogP contribution in [0.3, 0.4) is 0 Å². The zero-order chi connectivity index (χ0) is 16.4. The number of pyridine rings is 1. The van der Waals surface area contributed by atoms with Gasteiger partial charge in [0.2, 0.25) is 5.52 Å². The van der Waals surface area contributed by atoms with Gasteiger partial charge in [-0.05, 0) is 36.8 Å². The van der Waals surface area contributed by atoms with Crippen molar-refractivity contribution in [1.82, 2.24) is 0 Å². The molecule has 0 radical (unpaired) electrons. The lowest BCUT2D eigenvalue weighted by atomic mass is 10.1. The molecule has 0 N–H and O–H groups in total. The van der Waals surface area contributed by atoms with Crippen molar-refractivity contribution in [3.8, 4) is 5.75 Å². The van der Waals surface area contributed by atoms with Crippen LogP contribution in [0.15, 0.2) is 79.0 Å². The Morgan fingerprint density at radius 2 is 1.60 bits per heavy atom. The van der Waals surface area contributed by atoms with Gasteiger partial charge in [-0.25, -0.2) is 0 Å². The lowest BCUT2D eigenvalue weighted by molar-refractivity contribution is -0.670. The Bertz CT molecular complexity index is 1010. The SMILES string of the molecule is Cc1cccc(OCC[n+]2cc3ccccc3c3ccccc32)c1.[I-]. The zero-order valence-corrected chi connectivity index (χ0v) is 16.3. The standard InChI is InChI=1S/C22H20NO.HI/c1-17-7-6-9-19(15-17)24-14-13-23-16-18-8-2-3-10-20(18)21-11-4-5-12-22(21)23;/h2-12,15-16H,13-14H2,1H3;1H/q+1;/p-1. The number of fused-ring (bicyclic) bond motifs is 3. The average Bonchev–Trinajstić information content (AvgIpc) is 2.62. The summed E-state index contributed by atoms with van der Waals surface area (Å²) >= 11 is 0. The minimum atomic E-state index is 0. The molecule has 4 rings (SSSR count). The fraction of sp³-hybridized carbons (Fsp3) is 0.136. The molecule has 1 aromatic heterocycles. The molecule has 0 spiro atoms. The number of ether oxygens (including phenoxy) is 1. The van der Waals surface area contributed by atoms with Crippen molar-refractivity contribution in [2.75, 3.05) is 6.61 Å². The molecule has 0 saturated carbocycles. The molecule has 126 valence electrons. The van der Waals surface area contributed by atoms with E-state index in [0.717, 1.165) is 12.3 Å². The Balaban J connectivity index is 0.00000182. The molecule has 0 aliphatic heterocycles. The molecule has 0 aliphatic carbocycles. The van der Waals surface area contributed by atoms with E-state index in [9.17, 15) is 0 Å². The van der Waals surface area contributed by atoms with E-state index in [-0.39, 0.29) is 24.0 Å². The van der Waals surface area contributed by atoms with Crippen LogP contribution in [-0.4, -0.2) is 6.61 Å². The highest BCUT2D eigenvalue weighted by Gasteiger charge is 2.12. The molecule has 0 amide bonds. The molecular weight excluding hydrogens is 421 g/mol. The summed E-state index contributed by atoms with van der Waals surface area (Å²) in [6.07, 6.45) is 2.22. The number of para-hydroxylation sites is 1. The van der Waals surface area contributed by atoms with Gasteiger partial charge in [-0.1, -0.05) is 42.5 Å². The topological polar surface area (TPSA) is 13.1 Å². The van der Waals surface area contributed by atoms with Gasteiger partial charge >= 0.3 is 0 Å². The number of aromatic nitrogens is 1. The second-order valence-electron chi connectivity index (χ2n) is 6.09. The van der Waals surface area contributed by atoms with Gasteiger partial charge in [0.05, 0.1) is 5.39 Å². The fourth-order valence-corrected chi connectivity index (χ4v) is 3.20. The Morgan fingerprint density at radius 1 is 0.840 bits per heavy atom. The van der Waals surface area contributed by atoms with Crippen LogP contribution in [0, 0.1) is 6.92 Å². The molecule has 0 saturated heterocycles. The van der Waals surface area contributed by atoms with Crippen molar-refractivity contribution in [2.24, 2.45) is 0 Å². The van der Waals surface area contributed by atoms with Gasteiger partial charge in [-0.15, -0.1) is 0 Å². The summed E-state index contributed by atoms with van der Waals surface area (Å²) in [6, 6.07) is 25.3. The molecule has 3 heteroatoms. The largest absolute Gasteiger partial charge is 1.00 e. The van der Waals surface area contributed by atoms with Crippen molar-refractivity contribution >= 4 is 21.7 Å². The zero-order valence-electron chi connectivity index (χ0n) is 14.2. The quantitative estimate of drug-likeness (QED) is 0.267. The van der Waals surface area contributed by atoms with Crippen LogP contribution in [0.25, 0.3) is 21.7 Å². The van der Waals surface area contributed by atoms with Gasteiger partial charge in [0.1, 0.15) is 12.4 Å². The van der Waals surface area contributed by atoms with Crippen LogP contribution in [0.4, 0.5) is 0 Å². The monoisotopic (exact) mass is 441 g/mol. The summed E-state index contributed by atoms with van der Waals surface area (Å²) in [5, 5.41) is 3.84. The van der Waals surface area contributed by atoms with Crippen molar-refractivity contribution < 1.29 is 33.3 Å². The van der Waals surface area contributed by atoms with Gasteiger partial charge in [0.15, 0.2) is 12.7 Å². The van der Waals surface area contributed by atoms with Crippen molar-refractivity contribution in [1.29, 1.82) is 0 Å². The third kappa shape index (κ3) is 3.76. The Morgan fingerprint density at radius 3 is 2.44 bits per heavy atom. The third-order valence-corrected chi connectivity index (χ3v) is 4.35. The first kappa shape index (κ1) is 17.7. The molecule has 0 bridgehead atoms. The smallest absolute Gasteiger partial charge is 0.213 e. The average molecular weight is 441 g/mol. The van der Waals surface area contributed by atoms with Crippen LogP contribution in [0.5, 0.6) is 5.75 Å². The molecule has 1 heterocycles. The second kappa shape index (κ2) is 7.83. The molecule has 0 atom stereocenters. The van der Waals surface area contributed by atoms with Gasteiger partial charge in [0, 0.05) is 16.8 Å². The van der Waals surface area contributed by atoms with E-state index in [1.165, 1.54) is 27.2 Å². The van der Waals surface area contributed by atoms with Gasteiger partial charge in [-0.2, -0.15) is 4.57 Å². The van der Waals surface area contributed by atoms with Gasteiger partial charge < -0.3 is 28.7 Å². The van der Waals surface area contributed by atoms with E-state index in [0.29, 0.717) is 6.61 Å². The maximum absolute atomic E-state index is 5.93. The fourth-order valence-electron chi connectivity index (χ4n) is 3.20. The first-order valence-electron chi connectivity index (χ1n) is 8.31. The summed E-state index contributed by atoms with van der Waals surface area (Å²) in [6.45, 7) is 3.55. The van der Waals surface area contributed by atoms with Crippen molar-refractivity contribution in [3.05, 3.63) is 84.6 Å². The van der Waals surface area contributed by atoms with E-state index < -0.39 is 0 Å². The van der Waals surface area contributed by atoms with E-state index in [1.54, 1.807) is 0 Å². The minimum absolute atomic E-state index is 0. The summed E-state index contributed by atoms with van der Waals surface area (Å²) < 4.78 is 8.22. The third-order valence-electron chi connectivity index (χ3n) is 4.35. The molecular formula is C22H20INO. The Kier molecular flexibility index (Phi) is 5.53. The molecule has 0 unspecified atom stereocenters. The number of halogens is 1. The molecule has 4 aromatic rings. The van der Waals surface area contributed by atoms with Crippen LogP contribution in [0.1, 0.15) is 5.56 Å². The van der Waals surface area contributed by atoms with E-state index >= 15 is 0 Å². The molecule has 25 heavy (non-hydrogen) atoms. The first-order chi connectivity index (χ1) is 11.8. The van der Waals surface area contributed by atoms with Gasteiger partial charge in [0.25, 0.3) is 0 Å². The van der Waals surface area contributed by atoms with Crippen LogP contribution < -0.4 is 33.3 Å². The highest BCUT2D eigenvalue weighted by Crippen LogP contribution is 2.22. The lowest BCUT2D eigenvalue weighted by Gasteiger charge is -2.07. The molecule has 3 aromatic carbocycles. The number of benzene rings is 3. The summed E-state index contributed by atoms with van der Waals surface area (Å²) in [4.78, 5) is 0. The van der Waals surface area contributed by atoms with Crippen molar-refractivity contribution in [2.45, 2.75) is 13.5 Å². The number of hydrogen-bond acceptors (Lipinski definition) is 1. The number of aryl methyl sites for hydroxylation is 1. The summed E-state index contributed by atoms with van der Waals surface area (Å²) in [5.41, 5.74) is 2.46. The first-order valence-corrected chi connectivity index (χ1v) is 8.31. The van der Waals surface area contributed by atoms with Gasteiger partial charge in [-0.3, -0.25) is 0 Å². The number of hydrogen-bond donors (Lipinski definition) is 0. The highest BCUT2D eigenvalue weighted by molar-refractivity contribution is 6.03. The predicted molar refractivity (Wildman–Crippen MR) is 98.3 cm³/mol. The van der Waals surface area contributed by atoms with Crippen LogP contribution >= 0.6 is 0 Å². The minimum Gasteiger partial charge on any atom is -1.00 e. The van der Waals surface area contributed by atoms with E-state index in [1.807, 2.05) is 12.1 Å². The highest BCUT2D eigenvalue weighted by atomic mass is 127. The summed E-state index contributed by atoms with van der Waals surface area (Å²) in [7, 11) is 0. The second-order valence-corrected chi connectivity index (χ2v) is 6.09. The Labute approximate surface area is 165 Å². The Hall–Kier alpha value is -2.14. The maximum atomic E-state index is 5.93. The normalized spacial score (nSPS) is 10.6. The molecule has 0 fully saturated rings. The van der Waals surface area contributed by atoms with E-state index in [2.05, 4.69) is 78.4 Å². The van der Waals surface area contributed by atoms with E-state index in [4.69, 9.17) is 4.74 Å². The number of nitrogens with zero attached hydrogens (tertiary/aromatic N) is 1. The molecule has 2 nitrogen and oxygen atoms in total. The lowest BCUT2D eigenvalue weighted by Crippen LogP contribution is -3.00. The van der Waals surface area contributed by atoms with Crippen LogP contribution in [0.2, 0.25) is 0 Å².